The predicted molar refractivity (Wildman–Crippen MR) is 138 cm³/mol. The molecule has 38 heavy (non-hydrogen) atoms. The summed E-state index contributed by atoms with van der Waals surface area (Å²) in [6, 6.07) is 13.0. The third kappa shape index (κ3) is 3.45. The zero-order chi connectivity index (χ0) is 26.9. The lowest BCUT2D eigenvalue weighted by atomic mass is 9.59. The highest BCUT2D eigenvalue weighted by Crippen LogP contribution is 2.55. The van der Waals surface area contributed by atoms with Gasteiger partial charge in [-0.05, 0) is 80.6 Å². The van der Waals surface area contributed by atoms with Crippen molar-refractivity contribution in [3.8, 4) is 5.75 Å². The number of benzene rings is 2. The number of aromatic hydroxyl groups is 1. The normalized spacial score (nSPS) is 26.5. The highest BCUT2D eigenvalue weighted by atomic mass is 16.3. The van der Waals surface area contributed by atoms with Crippen LogP contribution in [0.3, 0.4) is 0 Å². The number of hydrogen-bond acceptors (Lipinski definition) is 6. The maximum atomic E-state index is 13.9. The number of hydrogen-bond donors (Lipinski definition) is 1. The third-order valence-electron chi connectivity index (χ3n) is 8.32. The SMILES string of the molecule is CC(=O)c1ccc(N2C(=O)[C@H]3[C@H](CC=C4[C@H](c5ccc(O)cc5)C5=C(C[C@H]43)C(=O)C(C)=CC5=O)C2=O)cc1. The molecule has 1 N–H and O–H groups in total. The van der Waals surface area contributed by atoms with Crippen LogP contribution in [0.25, 0.3) is 0 Å². The quantitative estimate of drug-likeness (QED) is 0.288. The van der Waals surface area contributed by atoms with Gasteiger partial charge in [0.05, 0.1) is 17.5 Å². The number of ketones is 3. The Bertz CT molecular complexity index is 1540. The van der Waals surface area contributed by atoms with Crippen LogP contribution in [0.1, 0.15) is 48.5 Å². The number of imide groups is 1. The first-order valence-corrected chi connectivity index (χ1v) is 12.7. The summed E-state index contributed by atoms with van der Waals surface area (Å²) in [5.41, 5.74) is 3.68. The van der Waals surface area contributed by atoms with Crippen LogP contribution in [0.4, 0.5) is 5.69 Å². The van der Waals surface area contributed by atoms with E-state index in [0.29, 0.717) is 34.4 Å². The third-order valence-corrected chi connectivity index (χ3v) is 8.32. The maximum Gasteiger partial charge on any atom is 0.238 e. The fraction of sp³-hybridized carbons (Fsp3) is 0.258. The van der Waals surface area contributed by atoms with Gasteiger partial charge in [-0.15, -0.1) is 0 Å². The Labute approximate surface area is 219 Å². The summed E-state index contributed by atoms with van der Waals surface area (Å²) in [5, 5.41) is 9.86. The second kappa shape index (κ2) is 8.58. The van der Waals surface area contributed by atoms with Crippen LogP contribution in [0.15, 0.2) is 83.0 Å². The molecule has 1 heterocycles. The first-order valence-electron chi connectivity index (χ1n) is 12.7. The summed E-state index contributed by atoms with van der Waals surface area (Å²) in [7, 11) is 0. The summed E-state index contributed by atoms with van der Waals surface area (Å²) < 4.78 is 0. The summed E-state index contributed by atoms with van der Waals surface area (Å²) in [6.07, 6.45) is 3.89. The summed E-state index contributed by atoms with van der Waals surface area (Å²) in [4.78, 5) is 66.8. The average molecular weight is 508 g/mol. The van der Waals surface area contributed by atoms with Gasteiger partial charge in [0, 0.05) is 28.2 Å². The smallest absolute Gasteiger partial charge is 0.238 e. The number of phenolic OH excluding ortho intramolecular Hbond substituents is 1. The molecule has 1 aliphatic heterocycles. The number of phenols is 1. The Morgan fingerprint density at radius 2 is 1.61 bits per heavy atom. The molecule has 0 unspecified atom stereocenters. The van der Waals surface area contributed by atoms with Gasteiger partial charge in [-0.3, -0.25) is 28.9 Å². The molecule has 2 aromatic carbocycles. The van der Waals surface area contributed by atoms with Crippen molar-refractivity contribution in [3.63, 3.8) is 0 Å². The Morgan fingerprint density at radius 1 is 0.921 bits per heavy atom. The van der Waals surface area contributed by atoms with Gasteiger partial charge in [-0.2, -0.15) is 0 Å². The molecule has 0 bridgehead atoms. The second-order valence-corrected chi connectivity index (χ2v) is 10.4. The van der Waals surface area contributed by atoms with Crippen molar-refractivity contribution in [2.45, 2.75) is 32.6 Å². The van der Waals surface area contributed by atoms with Crippen LogP contribution < -0.4 is 4.90 Å². The monoisotopic (exact) mass is 507 g/mol. The number of anilines is 1. The molecule has 7 heteroatoms. The van der Waals surface area contributed by atoms with E-state index >= 15 is 0 Å². The minimum atomic E-state index is -0.669. The van der Waals surface area contributed by atoms with Gasteiger partial charge < -0.3 is 5.11 Å². The maximum absolute atomic E-state index is 13.9. The molecular weight excluding hydrogens is 482 g/mol. The summed E-state index contributed by atoms with van der Waals surface area (Å²) >= 11 is 0. The van der Waals surface area contributed by atoms with E-state index in [1.165, 1.54) is 30.0 Å². The van der Waals surface area contributed by atoms with Gasteiger partial charge in [-0.1, -0.05) is 23.8 Å². The fourth-order valence-corrected chi connectivity index (χ4v) is 6.53. The zero-order valence-corrected chi connectivity index (χ0v) is 20.9. The average Bonchev–Trinajstić information content (AvgIpc) is 3.16. The molecule has 0 radical (unpaired) electrons. The Hall–Kier alpha value is -4.39. The molecular formula is C31H25NO6. The van der Waals surface area contributed by atoms with E-state index < -0.39 is 23.7 Å². The topological polar surface area (TPSA) is 109 Å². The minimum Gasteiger partial charge on any atom is -0.508 e. The van der Waals surface area contributed by atoms with Gasteiger partial charge in [0.2, 0.25) is 11.8 Å². The Balaban J connectivity index is 1.45. The molecule has 4 aliphatic rings. The van der Waals surface area contributed by atoms with Gasteiger partial charge >= 0.3 is 0 Å². The van der Waals surface area contributed by atoms with Crippen LogP contribution in [0.5, 0.6) is 5.75 Å². The van der Waals surface area contributed by atoms with Crippen LogP contribution >= 0.6 is 0 Å². The standard InChI is InChI=1S/C31H25NO6/c1-15-13-25(35)28-24(29(15)36)14-23-21(26(28)18-5-9-20(34)10-6-18)11-12-22-27(23)31(38)32(30(22)37)19-7-3-17(4-8-19)16(2)33/h3-11,13,22-23,26-27,34H,12,14H2,1-2H3/t22-,23+,26-,27-/m0/s1. The number of rotatable bonds is 3. The zero-order valence-electron chi connectivity index (χ0n) is 20.9. The molecule has 1 fully saturated rings. The van der Waals surface area contributed by atoms with E-state index in [9.17, 15) is 29.1 Å². The van der Waals surface area contributed by atoms with E-state index in [-0.39, 0.29) is 41.3 Å². The number of Topliss-reactive ketones (excluding diaryl/α,β-unsaturated/α-hetero) is 2. The van der Waals surface area contributed by atoms with Crippen molar-refractivity contribution in [2.24, 2.45) is 17.8 Å². The Morgan fingerprint density at radius 3 is 2.26 bits per heavy atom. The number of fused-ring (bicyclic) bond motifs is 3. The van der Waals surface area contributed by atoms with Gasteiger partial charge in [0.15, 0.2) is 17.3 Å². The first-order chi connectivity index (χ1) is 18.2. The lowest BCUT2D eigenvalue weighted by molar-refractivity contribution is -0.123. The van der Waals surface area contributed by atoms with Crippen molar-refractivity contribution in [1.82, 2.24) is 0 Å². The summed E-state index contributed by atoms with van der Waals surface area (Å²) in [5.74, 6) is -3.30. The molecule has 6 rings (SSSR count). The Kier molecular flexibility index (Phi) is 5.42. The molecule has 7 nitrogen and oxygen atoms in total. The van der Waals surface area contributed by atoms with Crippen LogP contribution in [0, 0.1) is 17.8 Å². The van der Waals surface area contributed by atoms with E-state index in [1.54, 1.807) is 43.3 Å². The van der Waals surface area contributed by atoms with Crippen molar-refractivity contribution in [2.75, 3.05) is 4.90 Å². The van der Waals surface area contributed by atoms with Crippen molar-refractivity contribution < 1.29 is 29.1 Å². The van der Waals surface area contributed by atoms with Gasteiger partial charge in [-0.25, -0.2) is 0 Å². The van der Waals surface area contributed by atoms with E-state index in [2.05, 4.69) is 0 Å². The second-order valence-electron chi connectivity index (χ2n) is 10.4. The molecule has 0 saturated carbocycles. The molecule has 0 aromatic heterocycles. The fourth-order valence-electron chi connectivity index (χ4n) is 6.53. The van der Waals surface area contributed by atoms with E-state index in [0.717, 1.165) is 11.1 Å². The van der Waals surface area contributed by atoms with Crippen LogP contribution in [-0.2, 0) is 19.2 Å². The van der Waals surface area contributed by atoms with Crippen molar-refractivity contribution >= 4 is 34.9 Å². The number of nitrogens with zero attached hydrogens (tertiary/aromatic N) is 1. The molecule has 3 aliphatic carbocycles. The molecule has 2 amide bonds. The molecule has 0 spiro atoms. The molecule has 190 valence electrons. The molecule has 2 aromatic rings. The van der Waals surface area contributed by atoms with E-state index in [4.69, 9.17) is 0 Å². The lowest BCUT2D eigenvalue weighted by Crippen LogP contribution is -2.39. The van der Waals surface area contributed by atoms with Crippen molar-refractivity contribution in [1.29, 1.82) is 0 Å². The number of allylic oxidation sites excluding steroid dienone is 6. The lowest BCUT2D eigenvalue weighted by Gasteiger charge is -2.42. The largest absolute Gasteiger partial charge is 0.508 e. The highest BCUT2D eigenvalue weighted by molar-refractivity contribution is 6.25. The molecule has 4 atom stereocenters. The summed E-state index contributed by atoms with van der Waals surface area (Å²) in [6.45, 7) is 3.07. The van der Waals surface area contributed by atoms with Crippen LogP contribution in [-0.4, -0.2) is 34.3 Å². The first kappa shape index (κ1) is 24.0. The minimum absolute atomic E-state index is 0.0813. The van der Waals surface area contributed by atoms with Crippen molar-refractivity contribution in [3.05, 3.63) is 94.1 Å². The predicted octanol–water partition coefficient (Wildman–Crippen LogP) is 4.23. The molecule has 1 saturated heterocycles. The van der Waals surface area contributed by atoms with Crippen LogP contribution in [0.2, 0.25) is 0 Å². The number of amides is 2. The number of carbonyl (C=O) groups is 5. The van der Waals surface area contributed by atoms with Gasteiger partial charge in [0.25, 0.3) is 0 Å². The number of carbonyl (C=O) groups excluding carboxylic acids is 5. The van der Waals surface area contributed by atoms with Gasteiger partial charge in [0.1, 0.15) is 5.75 Å². The highest BCUT2D eigenvalue weighted by Gasteiger charge is 2.56. The van der Waals surface area contributed by atoms with E-state index in [1.807, 2.05) is 6.08 Å².